The zero-order chi connectivity index (χ0) is 7.68. The SMILES string of the molecule is O=[n+]1cc2ccccc2co1. The molecule has 1 aromatic heterocycles. The average Bonchev–Trinajstić information content (AvgIpc) is 2.04. The minimum Gasteiger partial charge on any atom is -0.193 e. The van der Waals surface area contributed by atoms with E-state index in [0.717, 1.165) is 10.8 Å². The minimum absolute atomic E-state index is 0.433. The van der Waals surface area contributed by atoms with E-state index in [4.69, 9.17) is 0 Å². The van der Waals surface area contributed by atoms with Gasteiger partial charge >= 0.3 is 0 Å². The molecule has 0 aliphatic rings. The summed E-state index contributed by atoms with van der Waals surface area (Å²) in [5.74, 6) is 0. The third-order valence-electron chi connectivity index (χ3n) is 1.52. The molecule has 54 valence electrons. The summed E-state index contributed by atoms with van der Waals surface area (Å²) >= 11 is 0. The molecule has 1 aromatic carbocycles. The van der Waals surface area contributed by atoms with Gasteiger partial charge in [-0.1, -0.05) is 18.2 Å². The van der Waals surface area contributed by atoms with Gasteiger partial charge in [0.05, 0.1) is 10.3 Å². The van der Waals surface area contributed by atoms with Crippen LogP contribution in [0.25, 0.3) is 10.8 Å². The number of hydrogen-bond acceptors (Lipinski definition) is 2. The van der Waals surface area contributed by atoms with E-state index in [1.165, 1.54) is 12.5 Å². The third-order valence-corrected chi connectivity index (χ3v) is 1.52. The standard InChI is InChI=1S/C8H6NO2/c10-9-5-7-3-1-2-4-8(7)6-11-9/h1-6H/q+1. The molecule has 0 saturated heterocycles. The van der Waals surface area contributed by atoms with Crippen LogP contribution in [0.3, 0.4) is 0 Å². The fourth-order valence-corrected chi connectivity index (χ4v) is 0.989. The zero-order valence-corrected chi connectivity index (χ0v) is 5.73. The lowest BCUT2D eigenvalue weighted by molar-refractivity contribution is -0.706. The van der Waals surface area contributed by atoms with Crippen LogP contribution in [-0.4, -0.2) is 0 Å². The van der Waals surface area contributed by atoms with Crippen molar-refractivity contribution in [2.75, 3.05) is 0 Å². The lowest BCUT2D eigenvalue weighted by Gasteiger charge is -1.85. The van der Waals surface area contributed by atoms with Gasteiger partial charge in [0.25, 0.3) is 10.8 Å². The van der Waals surface area contributed by atoms with Gasteiger partial charge in [-0.25, -0.2) is 0 Å². The second-order valence-corrected chi connectivity index (χ2v) is 2.27. The number of hydrogen-bond donors (Lipinski definition) is 0. The quantitative estimate of drug-likeness (QED) is 0.565. The molecule has 0 spiro atoms. The van der Waals surface area contributed by atoms with Crippen molar-refractivity contribution >= 4 is 10.8 Å². The Hall–Kier alpha value is -1.64. The predicted molar refractivity (Wildman–Crippen MR) is 39.6 cm³/mol. The highest BCUT2D eigenvalue weighted by atomic mass is 16.6. The molecule has 0 unspecified atom stereocenters. The molecule has 3 nitrogen and oxygen atoms in total. The van der Waals surface area contributed by atoms with E-state index in [1.807, 2.05) is 24.3 Å². The van der Waals surface area contributed by atoms with Crippen molar-refractivity contribution in [3.63, 3.8) is 0 Å². The molecule has 0 saturated carbocycles. The van der Waals surface area contributed by atoms with E-state index in [-0.39, 0.29) is 0 Å². The number of benzene rings is 1. The van der Waals surface area contributed by atoms with Crippen molar-refractivity contribution in [3.05, 3.63) is 41.6 Å². The first-order valence-corrected chi connectivity index (χ1v) is 3.26. The first-order valence-electron chi connectivity index (χ1n) is 3.26. The van der Waals surface area contributed by atoms with Gasteiger partial charge in [-0.05, 0) is 6.07 Å². The summed E-state index contributed by atoms with van der Waals surface area (Å²) < 4.78 is 5.03. The van der Waals surface area contributed by atoms with Crippen molar-refractivity contribution in [2.24, 2.45) is 0 Å². The lowest BCUT2D eigenvalue weighted by Crippen LogP contribution is -2.09. The van der Waals surface area contributed by atoms with E-state index in [9.17, 15) is 4.91 Å². The normalized spacial score (nSPS) is 10.2. The van der Waals surface area contributed by atoms with Gasteiger partial charge < -0.3 is 0 Å². The highest BCUT2D eigenvalue weighted by molar-refractivity contribution is 5.79. The van der Waals surface area contributed by atoms with Crippen LogP contribution < -0.4 is 4.60 Å². The summed E-state index contributed by atoms with van der Waals surface area (Å²) in [5.41, 5.74) is 0. The third kappa shape index (κ3) is 1.00. The second-order valence-electron chi connectivity index (χ2n) is 2.27. The van der Waals surface area contributed by atoms with Gasteiger partial charge in [0.1, 0.15) is 0 Å². The maximum Gasteiger partial charge on any atom is 0.290 e. The molecule has 1 heterocycles. The Kier molecular flexibility index (Phi) is 1.22. The van der Waals surface area contributed by atoms with Gasteiger partial charge in [0.2, 0.25) is 0 Å². The average molecular weight is 148 g/mol. The van der Waals surface area contributed by atoms with Crippen LogP contribution in [0.15, 0.2) is 41.2 Å². The Balaban J connectivity index is 2.94. The first kappa shape index (κ1) is 6.09. The van der Waals surface area contributed by atoms with Gasteiger partial charge in [-0.2, -0.15) is 4.52 Å². The molecule has 11 heavy (non-hydrogen) atoms. The number of nitrogens with zero attached hydrogens (tertiary/aromatic N) is 1. The van der Waals surface area contributed by atoms with Crippen molar-refractivity contribution in [1.29, 1.82) is 0 Å². The molecule has 0 bridgehead atoms. The van der Waals surface area contributed by atoms with Crippen molar-refractivity contribution in [2.45, 2.75) is 0 Å². The zero-order valence-electron chi connectivity index (χ0n) is 5.73. The van der Waals surface area contributed by atoms with Crippen LogP contribution in [0.5, 0.6) is 0 Å². The Bertz CT molecular complexity index is 433. The summed E-state index contributed by atoms with van der Waals surface area (Å²) in [6.07, 6.45) is 2.83. The largest absolute Gasteiger partial charge is 0.290 e. The van der Waals surface area contributed by atoms with Crippen LogP contribution in [0.4, 0.5) is 0 Å². The molecule has 0 atom stereocenters. The molecule has 0 aliphatic heterocycles. The smallest absolute Gasteiger partial charge is 0.193 e. The molecular formula is C8H6NO2+. The summed E-state index contributed by atoms with van der Waals surface area (Å²) in [6, 6.07) is 7.52. The lowest BCUT2D eigenvalue weighted by atomic mass is 10.2. The first-order chi connectivity index (χ1) is 5.36. The molecule has 2 rings (SSSR count). The van der Waals surface area contributed by atoms with Gasteiger partial charge in [0.15, 0.2) is 6.26 Å². The van der Waals surface area contributed by atoms with Crippen LogP contribution in [0, 0.1) is 4.91 Å². The molecule has 0 radical (unpaired) electrons. The summed E-state index contributed by atoms with van der Waals surface area (Å²) in [7, 11) is 0. The number of fused-ring (bicyclic) bond motifs is 1. The maximum atomic E-state index is 10.6. The Morgan fingerprint density at radius 3 is 2.73 bits per heavy atom. The van der Waals surface area contributed by atoms with Gasteiger partial charge in [-0.3, -0.25) is 0 Å². The monoisotopic (exact) mass is 148 g/mol. The highest BCUT2D eigenvalue weighted by Crippen LogP contribution is 2.08. The molecule has 3 heteroatoms. The fraction of sp³-hybridized carbons (Fsp3) is 0. The van der Waals surface area contributed by atoms with Crippen LogP contribution in [0.1, 0.15) is 0 Å². The van der Waals surface area contributed by atoms with E-state index in [0.29, 0.717) is 4.60 Å². The van der Waals surface area contributed by atoms with E-state index < -0.39 is 0 Å². The number of rotatable bonds is 0. The van der Waals surface area contributed by atoms with E-state index in [1.54, 1.807) is 0 Å². The Morgan fingerprint density at radius 1 is 1.18 bits per heavy atom. The molecule has 0 aliphatic carbocycles. The summed E-state index contributed by atoms with van der Waals surface area (Å²) in [6.45, 7) is 0. The highest BCUT2D eigenvalue weighted by Gasteiger charge is 1.98. The fourth-order valence-electron chi connectivity index (χ4n) is 0.989. The molecule has 0 N–H and O–H groups in total. The molecule has 0 fully saturated rings. The molecule has 0 amide bonds. The minimum atomic E-state index is 0.433. The topological polar surface area (TPSA) is 36.1 Å². The van der Waals surface area contributed by atoms with E-state index in [2.05, 4.69) is 4.52 Å². The van der Waals surface area contributed by atoms with Gasteiger partial charge in [-0.15, -0.1) is 0 Å². The Morgan fingerprint density at radius 2 is 1.91 bits per heavy atom. The Labute approximate surface area is 62.4 Å². The second kappa shape index (κ2) is 2.20. The number of aromatic nitrogens is 1. The predicted octanol–water partition coefficient (Wildman–Crippen LogP) is 1.35. The van der Waals surface area contributed by atoms with Crippen molar-refractivity contribution in [3.8, 4) is 0 Å². The van der Waals surface area contributed by atoms with Crippen molar-refractivity contribution in [1.82, 2.24) is 0 Å². The summed E-state index contributed by atoms with van der Waals surface area (Å²) in [4.78, 5) is 10.6. The molecular weight excluding hydrogens is 142 g/mol. The molecule has 2 aromatic rings. The van der Waals surface area contributed by atoms with Crippen molar-refractivity contribution < 1.29 is 9.12 Å². The van der Waals surface area contributed by atoms with Crippen LogP contribution >= 0.6 is 0 Å². The van der Waals surface area contributed by atoms with Crippen LogP contribution in [0.2, 0.25) is 0 Å². The van der Waals surface area contributed by atoms with Crippen LogP contribution in [-0.2, 0) is 0 Å². The van der Waals surface area contributed by atoms with Gasteiger partial charge in [0, 0.05) is 5.39 Å². The van der Waals surface area contributed by atoms with E-state index >= 15 is 0 Å². The maximum absolute atomic E-state index is 10.6. The summed E-state index contributed by atoms with van der Waals surface area (Å²) in [5, 5.41) is 1.81.